The van der Waals surface area contributed by atoms with E-state index < -0.39 is 5.60 Å². The first-order valence-electron chi connectivity index (χ1n) is 5.54. The first-order valence-corrected chi connectivity index (χ1v) is 5.54. The van der Waals surface area contributed by atoms with Crippen molar-refractivity contribution < 1.29 is 9.90 Å². The van der Waals surface area contributed by atoms with E-state index >= 15 is 0 Å². The Labute approximate surface area is 91.2 Å². The fourth-order valence-corrected chi connectivity index (χ4v) is 1.99. The van der Waals surface area contributed by atoms with Crippen molar-refractivity contribution in [2.45, 2.75) is 45.1 Å². The van der Waals surface area contributed by atoms with E-state index in [4.69, 9.17) is 5.73 Å². The molecule has 4 heteroatoms. The number of rotatable bonds is 4. The summed E-state index contributed by atoms with van der Waals surface area (Å²) in [5.41, 5.74) is 4.71. The summed E-state index contributed by atoms with van der Waals surface area (Å²) >= 11 is 0. The van der Waals surface area contributed by atoms with Gasteiger partial charge in [0.2, 0.25) is 5.91 Å². The maximum Gasteiger partial charge on any atom is 0.231 e. The van der Waals surface area contributed by atoms with Crippen molar-refractivity contribution >= 4 is 5.91 Å². The third kappa shape index (κ3) is 4.18. The molecule has 1 saturated carbocycles. The predicted octanol–water partition coefficient (Wildman–Crippen LogP) is 0.393. The van der Waals surface area contributed by atoms with Gasteiger partial charge in [0.15, 0.2) is 0 Å². The van der Waals surface area contributed by atoms with E-state index in [-0.39, 0.29) is 12.5 Å². The highest BCUT2D eigenvalue weighted by atomic mass is 16.3. The predicted molar refractivity (Wildman–Crippen MR) is 59.3 cm³/mol. The van der Waals surface area contributed by atoms with E-state index in [2.05, 4.69) is 19.2 Å². The number of carbonyl (C=O) groups excluding carboxylic acids is 1. The Bertz CT molecular complexity index is 229. The smallest absolute Gasteiger partial charge is 0.231 e. The van der Waals surface area contributed by atoms with Crippen molar-refractivity contribution in [3.05, 3.63) is 0 Å². The van der Waals surface area contributed by atoms with Crippen LogP contribution in [0.25, 0.3) is 0 Å². The molecule has 0 unspecified atom stereocenters. The van der Waals surface area contributed by atoms with Crippen molar-refractivity contribution in [1.29, 1.82) is 0 Å². The molecule has 0 aliphatic heterocycles. The fraction of sp³-hybridized carbons (Fsp3) is 0.909. The lowest BCUT2D eigenvalue weighted by Gasteiger charge is -2.40. The van der Waals surface area contributed by atoms with E-state index in [0.29, 0.717) is 12.0 Å². The van der Waals surface area contributed by atoms with Gasteiger partial charge in [-0.3, -0.25) is 4.79 Å². The maximum absolute atomic E-state index is 10.5. The summed E-state index contributed by atoms with van der Waals surface area (Å²) in [6, 6.07) is 0. The SMILES string of the molecule is CC1(C)CCC(O)(CNCC(N)=O)CC1. The minimum absolute atomic E-state index is 0.145. The molecule has 0 radical (unpaired) electrons. The molecule has 0 heterocycles. The highest BCUT2D eigenvalue weighted by Crippen LogP contribution is 2.39. The van der Waals surface area contributed by atoms with Gasteiger partial charge >= 0.3 is 0 Å². The van der Waals surface area contributed by atoms with Crippen LogP contribution in [0, 0.1) is 5.41 Å². The van der Waals surface area contributed by atoms with Gasteiger partial charge in [0.1, 0.15) is 0 Å². The summed E-state index contributed by atoms with van der Waals surface area (Å²) in [6.45, 7) is 5.06. The lowest BCUT2D eigenvalue weighted by atomic mass is 9.71. The summed E-state index contributed by atoms with van der Waals surface area (Å²) in [6.07, 6.45) is 3.65. The molecule has 1 fully saturated rings. The van der Waals surface area contributed by atoms with E-state index in [1.165, 1.54) is 0 Å². The van der Waals surface area contributed by atoms with Gasteiger partial charge in [-0.05, 0) is 31.1 Å². The molecular formula is C11H22N2O2. The Morgan fingerprint density at radius 3 is 2.33 bits per heavy atom. The van der Waals surface area contributed by atoms with Crippen LogP contribution in [0.5, 0.6) is 0 Å². The standard InChI is InChI=1S/C11H22N2O2/c1-10(2)3-5-11(15,6-4-10)8-13-7-9(12)14/h13,15H,3-8H2,1-2H3,(H2,12,14). The van der Waals surface area contributed by atoms with Crippen LogP contribution in [0.15, 0.2) is 0 Å². The van der Waals surface area contributed by atoms with Crippen molar-refractivity contribution in [2.24, 2.45) is 11.1 Å². The minimum atomic E-state index is -0.648. The summed E-state index contributed by atoms with van der Waals surface area (Å²) in [5, 5.41) is 13.1. The molecule has 1 amide bonds. The molecule has 4 N–H and O–H groups in total. The molecular weight excluding hydrogens is 192 g/mol. The number of hydrogen-bond donors (Lipinski definition) is 3. The van der Waals surface area contributed by atoms with E-state index in [0.717, 1.165) is 25.7 Å². The van der Waals surface area contributed by atoms with Crippen LogP contribution in [0.2, 0.25) is 0 Å². The summed E-state index contributed by atoms with van der Waals surface area (Å²) in [4.78, 5) is 10.5. The van der Waals surface area contributed by atoms with Gasteiger partial charge in [0, 0.05) is 6.54 Å². The number of amides is 1. The Morgan fingerprint density at radius 1 is 1.33 bits per heavy atom. The molecule has 0 saturated heterocycles. The van der Waals surface area contributed by atoms with Crippen LogP contribution in [0.4, 0.5) is 0 Å². The Hall–Kier alpha value is -0.610. The van der Waals surface area contributed by atoms with E-state index in [1.807, 2.05) is 0 Å². The zero-order chi connectivity index (χ0) is 11.5. The van der Waals surface area contributed by atoms with Crippen LogP contribution >= 0.6 is 0 Å². The second-order valence-corrected chi connectivity index (χ2v) is 5.46. The first kappa shape index (κ1) is 12.5. The van der Waals surface area contributed by atoms with Gasteiger partial charge in [0.05, 0.1) is 12.1 Å². The van der Waals surface area contributed by atoms with Crippen LogP contribution in [-0.4, -0.2) is 29.7 Å². The molecule has 0 spiro atoms. The molecule has 0 bridgehead atoms. The van der Waals surface area contributed by atoms with Crippen LogP contribution in [-0.2, 0) is 4.79 Å². The number of primary amides is 1. The van der Waals surface area contributed by atoms with E-state index in [9.17, 15) is 9.90 Å². The quantitative estimate of drug-likeness (QED) is 0.634. The monoisotopic (exact) mass is 214 g/mol. The van der Waals surface area contributed by atoms with Crippen LogP contribution in [0.3, 0.4) is 0 Å². The topological polar surface area (TPSA) is 75.3 Å². The lowest BCUT2D eigenvalue weighted by Crippen LogP contribution is -2.46. The Morgan fingerprint density at radius 2 is 1.87 bits per heavy atom. The second-order valence-electron chi connectivity index (χ2n) is 5.46. The van der Waals surface area contributed by atoms with Crippen LogP contribution < -0.4 is 11.1 Å². The van der Waals surface area contributed by atoms with E-state index in [1.54, 1.807) is 0 Å². The summed E-state index contributed by atoms with van der Waals surface area (Å²) in [7, 11) is 0. The van der Waals surface area contributed by atoms with Crippen molar-refractivity contribution in [2.75, 3.05) is 13.1 Å². The molecule has 0 aromatic rings. The Balaban J connectivity index is 2.32. The van der Waals surface area contributed by atoms with Gasteiger partial charge in [-0.2, -0.15) is 0 Å². The lowest BCUT2D eigenvalue weighted by molar-refractivity contribution is -0.117. The molecule has 1 aliphatic carbocycles. The van der Waals surface area contributed by atoms with Crippen molar-refractivity contribution in [3.8, 4) is 0 Å². The van der Waals surface area contributed by atoms with Crippen molar-refractivity contribution in [1.82, 2.24) is 5.32 Å². The second kappa shape index (κ2) is 4.49. The molecule has 1 aliphatic rings. The average molecular weight is 214 g/mol. The zero-order valence-corrected chi connectivity index (χ0v) is 9.68. The van der Waals surface area contributed by atoms with Gasteiger partial charge in [-0.15, -0.1) is 0 Å². The molecule has 4 nitrogen and oxygen atoms in total. The summed E-state index contributed by atoms with van der Waals surface area (Å²) < 4.78 is 0. The van der Waals surface area contributed by atoms with Gasteiger partial charge < -0.3 is 16.2 Å². The number of aliphatic hydroxyl groups is 1. The fourth-order valence-electron chi connectivity index (χ4n) is 1.99. The normalized spacial score (nSPS) is 23.7. The number of hydrogen-bond acceptors (Lipinski definition) is 3. The highest BCUT2D eigenvalue weighted by Gasteiger charge is 2.36. The average Bonchev–Trinajstić information content (AvgIpc) is 2.11. The Kier molecular flexibility index (Phi) is 3.73. The van der Waals surface area contributed by atoms with Gasteiger partial charge in [-0.1, -0.05) is 13.8 Å². The number of nitrogens with two attached hydrogens (primary N) is 1. The summed E-state index contributed by atoms with van der Waals surface area (Å²) in [5.74, 6) is -0.380. The van der Waals surface area contributed by atoms with Crippen molar-refractivity contribution in [3.63, 3.8) is 0 Å². The zero-order valence-electron chi connectivity index (χ0n) is 9.68. The first-order chi connectivity index (χ1) is 6.83. The third-order valence-corrected chi connectivity index (χ3v) is 3.29. The molecule has 15 heavy (non-hydrogen) atoms. The molecule has 1 rings (SSSR count). The minimum Gasteiger partial charge on any atom is -0.389 e. The van der Waals surface area contributed by atoms with Gasteiger partial charge in [0.25, 0.3) is 0 Å². The maximum atomic E-state index is 10.5. The third-order valence-electron chi connectivity index (χ3n) is 3.29. The molecule has 0 aromatic heterocycles. The molecule has 0 atom stereocenters. The van der Waals surface area contributed by atoms with Gasteiger partial charge in [-0.25, -0.2) is 0 Å². The number of carbonyl (C=O) groups is 1. The molecule has 0 aromatic carbocycles. The van der Waals surface area contributed by atoms with Crippen LogP contribution in [0.1, 0.15) is 39.5 Å². The largest absolute Gasteiger partial charge is 0.389 e. The molecule has 88 valence electrons. The highest BCUT2D eigenvalue weighted by molar-refractivity contribution is 5.75. The number of nitrogens with one attached hydrogen (secondary N) is 1.